The SMILES string of the molecule is COC1CC[C@@]2(C)C(=CC[C@@H]3[C@@H]2CC[C@]2(C)C(n4cnc5ccccc54)=CC[C@@H]32)C1. The van der Waals surface area contributed by atoms with E-state index in [0.29, 0.717) is 11.5 Å². The van der Waals surface area contributed by atoms with Gasteiger partial charge in [0.25, 0.3) is 0 Å². The van der Waals surface area contributed by atoms with Crippen LogP contribution in [0.5, 0.6) is 0 Å². The molecule has 2 aromatic rings. The Balaban J connectivity index is 1.34. The lowest BCUT2D eigenvalue weighted by Gasteiger charge is -2.57. The van der Waals surface area contributed by atoms with Gasteiger partial charge in [0.15, 0.2) is 0 Å². The number of nitrogens with zero attached hydrogens (tertiary/aromatic N) is 2. The van der Waals surface area contributed by atoms with Crippen molar-refractivity contribution >= 4 is 16.7 Å². The average molecular weight is 403 g/mol. The van der Waals surface area contributed by atoms with Crippen LogP contribution in [0.15, 0.2) is 48.3 Å². The van der Waals surface area contributed by atoms with Crippen molar-refractivity contribution in [2.45, 2.75) is 64.9 Å². The third-order valence-corrected chi connectivity index (χ3v) is 9.65. The minimum Gasteiger partial charge on any atom is -0.381 e. The first-order valence-corrected chi connectivity index (χ1v) is 11.9. The van der Waals surface area contributed by atoms with Crippen LogP contribution in [0.4, 0.5) is 0 Å². The smallest absolute Gasteiger partial charge is 0.100 e. The number of hydrogen-bond acceptors (Lipinski definition) is 2. The van der Waals surface area contributed by atoms with Crippen molar-refractivity contribution in [2.75, 3.05) is 7.11 Å². The van der Waals surface area contributed by atoms with Gasteiger partial charge in [-0.05, 0) is 80.2 Å². The molecule has 2 saturated carbocycles. The second kappa shape index (κ2) is 6.56. The molecule has 1 heterocycles. The Kier molecular flexibility index (Phi) is 4.13. The van der Waals surface area contributed by atoms with Crippen LogP contribution in [0.2, 0.25) is 0 Å². The minimum atomic E-state index is 0.260. The fourth-order valence-electron chi connectivity index (χ4n) is 7.90. The van der Waals surface area contributed by atoms with E-state index < -0.39 is 0 Å². The molecule has 0 saturated heterocycles. The predicted molar refractivity (Wildman–Crippen MR) is 122 cm³/mol. The molecule has 0 N–H and O–H groups in total. The zero-order valence-corrected chi connectivity index (χ0v) is 18.6. The molecule has 4 aliphatic carbocycles. The van der Waals surface area contributed by atoms with Crippen molar-refractivity contribution < 1.29 is 4.74 Å². The summed E-state index contributed by atoms with van der Waals surface area (Å²) in [5, 5.41) is 0. The molecule has 4 aliphatic rings. The summed E-state index contributed by atoms with van der Waals surface area (Å²) >= 11 is 0. The summed E-state index contributed by atoms with van der Waals surface area (Å²) in [6.45, 7) is 5.13. The number of hydrogen-bond donors (Lipinski definition) is 0. The number of fused-ring (bicyclic) bond motifs is 6. The van der Waals surface area contributed by atoms with Gasteiger partial charge in [0.1, 0.15) is 6.33 Å². The van der Waals surface area contributed by atoms with E-state index in [9.17, 15) is 0 Å². The van der Waals surface area contributed by atoms with Gasteiger partial charge in [-0.2, -0.15) is 0 Å². The van der Waals surface area contributed by atoms with Crippen molar-refractivity contribution in [2.24, 2.45) is 28.6 Å². The maximum absolute atomic E-state index is 5.74. The van der Waals surface area contributed by atoms with Gasteiger partial charge in [-0.1, -0.05) is 43.7 Å². The van der Waals surface area contributed by atoms with Gasteiger partial charge >= 0.3 is 0 Å². The lowest BCUT2D eigenvalue weighted by molar-refractivity contribution is -0.0311. The molecular weight excluding hydrogens is 368 g/mol. The van der Waals surface area contributed by atoms with E-state index in [4.69, 9.17) is 9.72 Å². The summed E-state index contributed by atoms with van der Waals surface area (Å²) in [5.74, 6) is 2.39. The Morgan fingerprint density at radius 3 is 2.70 bits per heavy atom. The molecule has 1 aromatic carbocycles. The molecule has 158 valence electrons. The van der Waals surface area contributed by atoms with E-state index in [1.807, 2.05) is 7.11 Å². The molecule has 1 aromatic heterocycles. The number of aromatic nitrogens is 2. The van der Waals surface area contributed by atoms with E-state index in [0.717, 1.165) is 29.7 Å². The Morgan fingerprint density at radius 2 is 1.83 bits per heavy atom. The van der Waals surface area contributed by atoms with Crippen LogP contribution in [0, 0.1) is 28.6 Å². The first kappa shape index (κ1) is 18.9. The lowest BCUT2D eigenvalue weighted by atomic mass is 9.48. The van der Waals surface area contributed by atoms with Crippen LogP contribution in [0.25, 0.3) is 16.7 Å². The molecule has 3 heteroatoms. The number of allylic oxidation sites excluding steroid dienone is 3. The van der Waals surface area contributed by atoms with Crippen LogP contribution in [-0.4, -0.2) is 22.8 Å². The van der Waals surface area contributed by atoms with Crippen LogP contribution >= 0.6 is 0 Å². The second-order valence-corrected chi connectivity index (χ2v) is 10.7. The van der Waals surface area contributed by atoms with Crippen molar-refractivity contribution in [1.82, 2.24) is 9.55 Å². The molecule has 0 spiro atoms. The standard InChI is InChI=1S/C27H34N2O/c1-26-14-12-19(30-3)16-18(26)8-9-20-21-10-11-25(27(21,2)15-13-22(20)26)29-17-28-23-6-4-5-7-24(23)29/h4-8,11,17,19-22H,9-10,12-16H2,1-3H3/t19?,20-,21-,22-,26-,27-/m0/s1. The van der Waals surface area contributed by atoms with Gasteiger partial charge in [0, 0.05) is 18.2 Å². The van der Waals surface area contributed by atoms with Crippen LogP contribution in [0.1, 0.15) is 58.8 Å². The molecule has 30 heavy (non-hydrogen) atoms. The largest absolute Gasteiger partial charge is 0.381 e. The van der Waals surface area contributed by atoms with Crippen molar-refractivity contribution in [3.63, 3.8) is 0 Å². The number of imidazole rings is 1. The van der Waals surface area contributed by atoms with E-state index >= 15 is 0 Å². The number of methoxy groups -OCH3 is 1. The third kappa shape index (κ3) is 2.45. The highest BCUT2D eigenvalue weighted by molar-refractivity contribution is 5.80. The highest BCUT2D eigenvalue weighted by atomic mass is 16.5. The molecule has 2 fully saturated rings. The first-order valence-electron chi connectivity index (χ1n) is 11.9. The number of benzene rings is 1. The Bertz CT molecular complexity index is 1050. The Morgan fingerprint density at radius 1 is 1.00 bits per heavy atom. The first-order chi connectivity index (χ1) is 14.5. The quantitative estimate of drug-likeness (QED) is 0.539. The number of ether oxygens (including phenoxy) is 1. The van der Waals surface area contributed by atoms with Gasteiger partial charge in [-0.3, -0.25) is 0 Å². The zero-order chi connectivity index (χ0) is 20.5. The maximum atomic E-state index is 5.74. The van der Waals surface area contributed by atoms with Gasteiger partial charge in [-0.25, -0.2) is 4.98 Å². The molecule has 6 atom stereocenters. The molecule has 3 nitrogen and oxygen atoms in total. The van der Waals surface area contributed by atoms with Gasteiger partial charge in [-0.15, -0.1) is 0 Å². The summed E-state index contributed by atoms with van der Waals surface area (Å²) in [4.78, 5) is 4.69. The van der Waals surface area contributed by atoms with Crippen LogP contribution in [0.3, 0.4) is 0 Å². The fraction of sp³-hybridized carbons (Fsp3) is 0.593. The monoisotopic (exact) mass is 402 g/mol. The fourth-order valence-corrected chi connectivity index (χ4v) is 7.90. The van der Waals surface area contributed by atoms with E-state index in [-0.39, 0.29) is 5.41 Å². The summed E-state index contributed by atoms with van der Waals surface area (Å²) in [6.07, 6.45) is 16.5. The molecule has 6 rings (SSSR count). The van der Waals surface area contributed by atoms with Crippen LogP contribution < -0.4 is 0 Å². The summed E-state index contributed by atoms with van der Waals surface area (Å²) in [6, 6.07) is 8.57. The summed E-state index contributed by atoms with van der Waals surface area (Å²) < 4.78 is 8.13. The van der Waals surface area contributed by atoms with Crippen LogP contribution in [-0.2, 0) is 4.74 Å². The topological polar surface area (TPSA) is 27.1 Å². The average Bonchev–Trinajstić information content (AvgIpc) is 3.33. The third-order valence-electron chi connectivity index (χ3n) is 9.65. The molecule has 0 bridgehead atoms. The van der Waals surface area contributed by atoms with Crippen molar-refractivity contribution in [3.05, 3.63) is 48.3 Å². The second-order valence-electron chi connectivity index (χ2n) is 10.7. The summed E-state index contributed by atoms with van der Waals surface area (Å²) in [5.41, 5.74) is 6.22. The highest BCUT2D eigenvalue weighted by Gasteiger charge is 2.57. The van der Waals surface area contributed by atoms with Gasteiger partial charge in [0.2, 0.25) is 0 Å². The van der Waals surface area contributed by atoms with Crippen molar-refractivity contribution in [1.29, 1.82) is 0 Å². The Hall–Kier alpha value is -1.87. The minimum absolute atomic E-state index is 0.260. The van der Waals surface area contributed by atoms with E-state index in [1.165, 1.54) is 49.7 Å². The Labute approximate surface area is 180 Å². The molecule has 0 radical (unpaired) electrons. The van der Waals surface area contributed by atoms with Gasteiger partial charge < -0.3 is 9.30 Å². The summed E-state index contributed by atoms with van der Waals surface area (Å²) in [7, 11) is 1.89. The van der Waals surface area contributed by atoms with E-state index in [2.05, 4.69) is 61.2 Å². The molecular formula is C27H34N2O. The van der Waals surface area contributed by atoms with Crippen molar-refractivity contribution in [3.8, 4) is 0 Å². The molecule has 0 aliphatic heterocycles. The maximum Gasteiger partial charge on any atom is 0.100 e. The molecule has 0 amide bonds. The normalized spacial score (nSPS) is 40.4. The van der Waals surface area contributed by atoms with Gasteiger partial charge in [0.05, 0.1) is 17.1 Å². The highest BCUT2D eigenvalue weighted by Crippen LogP contribution is 2.65. The molecule has 1 unspecified atom stereocenters. The number of rotatable bonds is 2. The predicted octanol–water partition coefficient (Wildman–Crippen LogP) is 6.46. The zero-order valence-electron chi connectivity index (χ0n) is 18.6. The number of para-hydroxylation sites is 2. The van der Waals surface area contributed by atoms with E-state index in [1.54, 1.807) is 5.57 Å². The lowest BCUT2D eigenvalue weighted by Crippen LogP contribution is -2.50.